The minimum atomic E-state index is -0.628. The highest BCUT2D eigenvalue weighted by atomic mass is 16.6. The van der Waals surface area contributed by atoms with Crippen LogP contribution in [-0.2, 0) is 4.79 Å². The van der Waals surface area contributed by atoms with Gasteiger partial charge in [-0.3, -0.25) is 14.6 Å². The Hall–Kier alpha value is -2.61. The Morgan fingerprint density at radius 2 is 1.66 bits per heavy atom. The van der Waals surface area contributed by atoms with Crippen molar-refractivity contribution in [1.29, 1.82) is 0 Å². The van der Waals surface area contributed by atoms with E-state index in [-0.39, 0.29) is 12.0 Å². The van der Waals surface area contributed by atoms with Crippen molar-refractivity contribution >= 4 is 11.6 Å². The lowest BCUT2D eigenvalue weighted by Crippen LogP contribution is -2.53. The summed E-state index contributed by atoms with van der Waals surface area (Å²) >= 11 is 0. The quantitative estimate of drug-likeness (QED) is 0.769. The molecule has 0 aromatic heterocycles. The number of carbonyl (C=O) groups excluding carboxylic acids is 1. The molecule has 1 saturated heterocycles. The Labute approximate surface area is 170 Å². The van der Waals surface area contributed by atoms with Crippen LogP contribution in [0.5, 0.6) is 11.5 Å². The van der Waals surface area contributed by atoms with Crippen LogP contribution in [0.25, 0.3) is 0 Å². The van der Waals surface area contributed by atoms with Gasteiger partial charge in [0.2, 0.25) is 5.91 Å². The first kappa shape index (κ1) is 19.7. The molecule has 0 bridgehead atoms. The van der Waals surface area contributed by atoms with E-state index < -0.39 is 6.10 Å². The predicted octanol–water partition coefficient (Wildman–Crippen LogP) is 1.44. The van der Waals surface area contributed by atoms with Crippen molar-refractivity contribution in [3.8, 4) is 11.5 Å². The molecule has 2 heterocycles. The average Bonchev–Trinajstić information content (AvgIpc) is 2.75. The number of nitrogens with zero attached hydrogens (tertiary/aromatic N) is 2. The summed E-state index contributed by atoms with van der Waals surface area (Å²) in [6.45, 7) is 4.44. The fourth-order valence-electron chi connectivity index (χ4n) is 3.66. The maximum atomic E-state index is 12.2. The zero-order valence-corrected chi connectivity index (χ0v) is 16.4. The van der Waals surface area contributed by atoms with Gasteiger partial charge in [0, 0.05) is 38.4 Å². The van der Waals surface area contributed by atoms with Crippen LogP contribution in [0.2, 0.25) is 0 Å². The van der Waals surface area contributed by atoms with E-state index in [1.165, 1.54) is 0 Å². The second kappa shape index (κ2) is 9.26. The highest BCUT2D eigenvalue weighted by molar-refractivity contribution is 5.92. The smallest absolute Gasteiger partial charge is 0.238 e. The molecular weight excluding hydrogens is 370 g/mol. The van der Waals surface area contributed by atoms with Crippen LogP contribution in [0.1, 0.15) is 0 Å². The zero-order chi connectivity index (χ0) is 20.1. The van der Waals surface area contributed by atoms with Crippen molar-refractivity contribution in [2.24, 2.45) is 0 Å². The molecule has 2 aromatic rings. The molecule has 2 aromatic carbocycles. The van der Waals surface area contributed by atoms with E-state index in [1.54, 1.807) is 0 Å². The molecule has 0 radical (unpaired) electrons. The molecule has 154 valence electrons. The lowest BCUT2D eigenvalue weighted by atomic mass is 10.1. The Morgan fingerprint density at radius 1 is 1.00 bits per heavy atom. The number of hydrogen-bond donors (Lipinski definition) is 2. The van der Waals surface area contributed by atoms with Gasteiger partial charge < -0.3 is 19.9 Å². The van der Waals surface area contributed by atoms with Gasteiger partial charge in [-0.1, -0.05) is 30.3 Å². The van der Waals surface area contributed by atoms with Crippen LogP contribution in [0.3, 0.4) is 0 Å². The first-order valence-electron chi connectivity index (χ1n) is 10.0. The number of piperazine rings is 1. The number of aliphatic hydroxyl groups is 1. The Bertz CT molecular complexity index is 809. The SMILES string of the molecule is O=C(CN1CCN(CC(O)C2COc3ccccc3O2)CC1)Nc1ccccc1. The highest BCUT2D eigenvalue weighted by Gasteiger charge is 2.30. The Balaban J connectivity index is 1.19. The number of β-amino-alcohol motifs (C(OH)–C–C–N with tert-alkyl or cyclic N) is 1. The van der Waals surface area contributed by atoms with Crippen LogP contribution in [0, 0.1) is 0 Å². The molecule has 2 atom stereocenters. The predicted molar refractivity (Wildman–Crippen MR) is 110 cm³/mol. The third-order valence-electron chi connectivity index (χ3n) is 5.29. The Morgan fingerprint density at radius 3 is 2.41 bits per heavy atom. The summed E-state index contributed by atoms with van der Waals surface area (Å²) in [5.41, 5.74) is 0.815. The normalized spacial score (nSPS) is 20.8. The minimum absolute atomic E-state index is 0.00361. The summed E-state index contributed by atoms with van der Waals surface area (Å²) in [5, 5.41) is 13.5. The van der Waals surface area contributed by atoms with Gasteiger partial charge in [-0.15, -0.1) is 0 Å². The van der Waals surface area contributed by atoms with E-state index in [0.29, 0.717) is 25.4 Å². The third kappa shape index (κ3) is 5.26. The number of anilines is 1. The molecule has 7 heteroatoms. The van der Waals surface area contributed by atoms with Crippen molar-refractivity contribution in [3.63, 3.8) is 0 Å². The number of rotatable bonds is 6. The lowest BCUT2D eigenvalue weighted by molar-refractivity contribution is -0.117. The van der Waals surface area contributed by atoms with Crippen LogP contribution in [0.4, 0.5) is 5.69 Å². The van der Waals surface area contributed by atoms with Gasteiger partial charge in [-0.05, 0) is 24.3 Å². The molecule has 1 fully saturated rings. The van der Waals surface area contributed by atoms with Crippen LogP contribution < -0.4 is 14.8 Å². The summed E-state index contributed by atoms with van der Waals surface area (Å²) in [5.74, 6) is 1.39. The lowest BCUT2D eigenvalue weighted by Gasteiger charge is -2.37. The number of carbonyl (C=O) groups is 1. The Kier molecular flexibility index (Phi) is 6.29. The van der Waals surface area contributed by atoms with Crippen LogP contribution in [0.15, 0.2) is 54.6 Å². The number of fused-ring (bicyclic) bond motifs is 1. The molecule has 1 amide bonds. The molecular formula is C22H27N3O4. The molecule has 29 heavy (non-hydrogen) atoms. The molecule has 2 aliphatic rings. The van der Waals surface area contributed by atoms with Gasteiger partial charge in [0.15, 0.2) is 17.6 Å². The fraction of sp³-hybridized carbons (Fsp3) is 0.409. The molecule has 2 aliphatic heterocycles. The van der Waals surface area contributed by atoms with Crippen molar-refractivity contribution < 1.29 is 19.4 Å². The third-order valence-corrected chi connectivity index (χ3v) is 5.29. The summed E-state index contributed by atoms with van der Waals surface area (Å²) in [6, 6.07) is 17.0. The van der Waals surface area contributed by atoms with Gasteiger partial charge in [0.1, 0.15) is 12.7 Å². The highest BCUT2D eigenvalue weighted by Crippen LogP contribution is 2.31. The number of para-hydroxylation sites is 3. The van der Waals surface area contributed by atoms with E-state index in [0.717, 1.165) is 37.6 Å². The van der Waals surface area contributed by atoms with E-state index in [1.807, 2.05) is 54.6 Å². The van der Waals surface area contributed by atoms with Gasteiger partial charge in [-0.25, -0.2) is 0 Å². The molecule has 0 saturated carbocycles. The number of aliphatic hydroxyl groups excluding tert-OH is 1. The molecule has 2 unspecified atom stereocenters. The largest absolute Gasteiger partial charge is 0.486 e. The molecule has 4 rings (SSSR count). The summed E-state index contributed by atoms with van der Waals surface area (Å²) < 4.78 is 11.6. The van der Waals surface area contributed by atoms with E-state index in [2.05, 4.69) is 15.1 Å². The number of hydrogen-bond acceptors (Lipinski definition) is 6. The molecule has 7 nitrogen and oxygen atoms in total. The second-order valence-corrected chi connectivity index (χ2v) is 7.47. The average molecular weight is 397 g/mol. The maximum Gasteiger partial charge on any atom is 0.238 e. The van der Waals surface area contributed by atoms with Crippen LogP contribution in [-0.4, -0.2) is 78.9 Å². The van der Waals surface area contributed by atoms with Crippen molar-refractivity contribution in [2.45, 2.75) is 12.2 Å². The van der Waals surface area contributed by atoms with Crippen LogP contribution >= 0.6 is 0 Å². The van der Waals surface area contributed by atoms with Gasteiger partial charge >= 0.3 is 0 Å². The van der Waals surface area contributed by atoms with Gasteiger partial charge in [0.05, 0.1) is 6.54 Å². The van der Waals surface area contributed by atoms with E-state index in [4.69, 9.17) is 9.47 Å². The number of ether oxygens (including phenoxy) is 2. The fourth-order valence-corrected chi connectivity index (χ4v) is 3.66. The molecule has 0 aliphatic carbocycles. The van der Waals surface area contributed by atoms with Gasteiger partial charge in [0.25, 0.3) is 0 Å². The second-order valence-electron chi connectivity index (χ2n) is 7.47. The summed E-state index contributed by atoms with van der Waals surface area (Å²) in [6.07, 6.45) is -1.00. The minimum Gasteiger partial charge on any atom is -0.486 e. The van der Waals surface area contributed by atoms with Crippen molar-refractivity contribution in [2.75, 3.05) is 51.2 Å². The zero-order valence-electron chi connectivity index (χ0n) is 16.4. The summed E-state index contributed by atoms with van der Waals surface area (Å²) in [7, 11) is 0. The first-order valence-corrected chi connectivity index (χ1v) is 10.0. The molecule has 0 spiro atoms. The number of nitrogens with one attached hydrogen (secondary N) is 1. The van der Waals surface area contributed by atoms with Crippen molar-refractivity contribution in [3.05, 3.63) is 54.6 Å². The standard InChI is InChI=1S/C22H27N3O4/c26-18(21-16-28-19-8-4-5-9-20(19)29-21)14-24-10-12-25(13-11-24)15-22(27)23-17-6-2-1-3-7-17/h1-9,18,21,26H,10-16H2,(H,23,27). The van der Waals surface area contributed by atoms with E-state index >= 15 is 0 Å². The topological polar surface area (TPSA) is 74.3 Å². The number of amides is 1. The summed E-state index contributed by atoms with van der Waals surface area (Å²) in [4.78, 5) is 16.6. The number of benzene rings is 2. The monoisotopic (exact) mass is 397 g/mol. The maximum absolute atomic E-state index is 12.2. The van der Waals surface area contributed by atoms with Gasteiger partial charge in [-0.2, -0.15) is 0 Å². The molecule has 2 N–H and O–H groups in total. The van der Waals surface area contributed by atoms with E-state index in [9.17, 15) is 9.90 Å². The first-order chi connectivity index (χ1) is 14.2. The van der Waals surface area contributed by atoms with Crippen molar-refractivity contribution in [1.82, 2.24) is 9.80 Å².